The van der Waals surface area contributed by atoms with E-state index >= 15 is 0 Å². The first kappa shape index (κ1) is 15.8. The summed E-state index contributed by atoms with van der Waals surface area (Å²) in [7, 11) is 3.21. The molecule has 23 heavy (non-hydrogen) atoms. The second-order valence-corrected chi connectivity index (χ2v) is 6.19. The minimum absolute atomic E-state index is 0.0931. The van der Waals surface area contributed by atoms with Gasteiger partial charge in [-0.25, -0.2) is 0 Å². The van der Waals surface area contributed by atoms with Crippen molar-refractivity contribution >= 4 is 22.9 Å². The number of hydrogen-bond acceptors (Lipinski definition) is 5. The molecule has 0 saturated carbocycles. The molecule has 1 aliphatic rings. The lowest BCUT2D eigenvalue weighted by Crippen LogP contribution is -2.37. The molecular weight excluding hydrogens is 312 g/mol. The lowest BCUT2D eigenvalue weighted by Gasteiger charge is -2.19. The summed E-state index contributed by atoms with van der Waals surface area (Å²) in [5.74, 6) is 1.46. The van der Waals surface area contributed by atoms with Crippen molar-refractivity contribution in [1.82, 2.24) is 5.32 Å². The van der Waals surface area contributed by atoms with Crippen LogP contribution in [0.5, 0.6) is 11.5 Å². The van der Waals surface area contributed by atoms with Crippen molar-refractivity contribution in [3.8, 4) is 11.5 Å². The van der Waals surface area contributed by atoms with Crippen LogP contribution in [0.3, 0.4) is 0 Å². The van der Waals surface area contributed by atoms with Gasteiger partial charge in [0, 0.05) is 31.3 Å². The molecule has 6 heteroatoms. The maximum atomic E-state index is 12.6. The third-order valence-corrected chi connectivity index (χ3v) is 4.72. The van der Waals surface area contributed by atoms with Gasteiger partial charge in [-0.15, -0.1) is 0 Å². The van der Waals surface area contributed by atoms with Crippen molar-refractivity contribution in [3.63, 3.8) is 0 Å². The van der Waals surface area contributed by atoms with E-state index < -0.39 is 0 Å². The van der Waals surface area contributed by atoms with Gasteiger partial charge in [-0.3, -0.25) is 4.79 Å². The molecule has 0 radical (unpaired) electrons. The molecule has 0 aliphatic carbocycles. The normalized spacial score (nSPS) is 17.6. The Kier molecular flexibility index (Phi) is 4.83. The number of thiophene rings is 1. The Hall–Kier alpha value is -2.05. The second kappa shape index (κ2) is 7.02. The first-order valence-electron chi connectivity index (χ1n) is 7.50. The fourth-order valence-electron chi connectivity index (χ4n) is 2.71. The topological polar surface area (TPSA) is 50.8 Å². The zero-order chi connectivity index (χ0) is 16.2. The molecule has 3 rings (SSSR count). The van der Waals surface area contributed by atoms with Crippen molar-refractivity contribution in [2.45, 2.75) is 19.0 Å². The average Bonchev–Trinajstić information content (AvgIpc) is 3.22. The SMILES string of the molecule is COc1cc(OC)cc(N2CC[C@@H](NCc3ccsc3)C2=O)c1. The van der Waals surface area contributed by atoms with E-state index in [0.717, 1.165) is 18.7 Å². The molecule has 1 fully saturated rings. The molecular formula is C17H20N2O3S. The van der Waals surface area contributed by atoms with Crippen LogP contribution < -0.4 is 19.7 Å². The number of carbonyl (C=O) groups is 1. The van der Waals surface area contributed by atoms with E-state index in [1.54, 1.807) is 36.5 Å². The number of amides is 1. The summed E-state index contributed by atoms with van der Waals surface area (Å²) < 4.78 is 10.6. The van der Waals surface area contributed by atoms with Crippen molar-refractivity contribution in [1.29, 1.82) is 0 Å². The Morgan fingerprint density at radius 2 is 2.00 bits per heavy atom. The third kappa shape index (κ3) is 3.48. The molecule has 1 aliphatic heterocycles. The molecule has 0 bridgehead atoms. The molecule has 2 aromatic rings. The zero-order valence-electron chi connectivity index (χ0n) is 13.2. The van der Waals surface area contributed by atoms with Crippen LogP contribution in [0.15, 0.2) is 35.0 Å². The van der Waals surface area contributed by atoms with E-state index in [2.05, 4.69) is 16.8 Å². The summed E-state index contributed by atoms with van der Waals surface area (Å²) in [6.07, 6.45) is 0.794. The number of benzene rings is 1. The van der Waals surface area contributed by atoms with E-state index in [0.29, 0.717) is 18.0 Å². The number of nitrogens with zero attached hydrogens (tertiary/aromatic N) is 1. The Labute approximate surface area is 139 Å². The van der Waals surface area contributed by atoms with E-state index in [4.69, 9.17) is 9.47 Å². The van der Waals surface area contributed by atoms with Gasteiger partial charge < -0.3 is 19.7 Å². The quantitative estimate of drug-likeness (QED) is 0.884. The summed E-state index contributed by atoms with van der Waals surface area (Å²) in [5.41, 5.74) is 2.02. The predicted octanol–water partition coefficient (Wildman–Crippen LogP) is 2.66. The molecule has 2 heterocycles. The Bertz CT molecular complexity index is 650. The highest BCUT2D eigenvalue weighted by molar-refractivity contribution is 7.07. The minimum atomic E-state index is -0.146. The van der Waals surface area contributed by atoms with Crippen LogP contribution >= 0.6 is 11.3 Å². The second-order valence-electron chi connectivity index (χ2n) is 5.41. The van der Waals surface area contributed by atoms with Crippen LogP contribution in [0.4, 0.5) is 5.69 Å². The van der Waals surface area contributed by atoms with Crippen LogP contribution in [0, 0.1) is 0 Å². The average molecular weight is 332 g/mol. The van der Waals surface area contributed by atoms with Crippen LogP contribution in [-0.2, 0) is 11.3 Å². The van der Waals surface area contributed by atoms with Crippen molar-refractivity contribution < 1.29 is 14.3 Å². The molecule has 1 amide bonds. The lowest BCUT2D eigenvalue weighted by molar-refractivity contribution is -0.118. The van der Waals surface area contributed by atoms with E-state index in [9.17, 15) is 4.79 Å². The summed E-state index contributed by atoms with van der Waals surface area (Å²) in [6, 6.07) is 7.45. The summed E-state index contributed by atoms with van der Waals surface area (Å²) in [6.45, 7) is 1.41. The molecule has 1 saturated heterocycles. The third-order valence-electron chi connectivity index (χ3n) is 3.99. The molecule has 122 valence electrons. The van der Waals surface area contributed by atoms with Gasteiger partial charge in [0.2, 0.25) is 5.91 Å². The smallest absolute Gasteiger partial charge is 0.244 e. The number of hydrogen-bond donors (Lipinski definition) is 1. The van der Waals surface area contributed by atoms with E-state index in [1.165, 1.54) is 5.56 Å². The van der Waals surface area contributed by atoms with Gasteiger partial charge in [-0.1, -0.05) is 0 Å². The predicted molar refractivity (Wildman–Crippen MR) is 91.5 cm³/mol. The largest absolute Gasteiger partial charge is 0.497 e. The van der Waals surface area contributed by atoms with Crippen LogP contribution in [0.25, 0.3) is 0 Å². The number of methoxy groups -OCH3 is 2. The molecule has 1 aromatic carbocycles. The van der Waals surface area contributed by atoms with Crippen LogP contribution in [0.1, 0.15) is 12.0 Å². The highest BCUT2D eigenvalue weighted by Gasteiger charge is 2.32. The monoisotopic (exact) mass is 332 g/mol. The Morgan fingerprint density at radius 1 is 1.26 bits per heavy atom. The summed E-state index contributed by atoms with van der Waals surface area (Å²) in [5, 5.41) is 7.48. The summed E-state index contributed by atoms with van der Waals surface area (Å²) >= 11 is 1.67. The molecule has 1 aromatic heterocycles. The van der Waals surface area contributed by atoms with Gasteiger partial charge >= 0.3 is 0 Å². The molecule has 1 N–H and O–H groups in total. The first-order valence-corrected chi connectivity index (χ1v) is 8.44. The van der Waals surface area contributed by atoms with Crippen LogP contribution in [0.2, 0.25) is 0 Å². The fourth-order valence-corrected chi connectivity index (χ4v) is 3.38. The van der Waals surface area contributed by atoms with Crippen molar-refractivity contribution in [3.05, 3.63) is 40.6 Å². The van der Waals surface area contributed by atoms with Gasteiger partial charge in [0.25, 0.3) is 0 Å². The van der Waals surface area contributed by atoms with Gasteiger partial charge in [0.05, 0.1) is 25.9 Å². The number of rotatable bonds is 6. The van der Waals surface area contributed by atoms with Gasteiger partial charge in [0.15, 0.2) is 0 Å². The van der Waals surface area contributed by atoms with Crippen molar-refractivity contribution in [2.24, 2.45) is 0 Å². The maximum Gasteiger partial charge on any atom is 0.244 e. The van der Waals surface area contributed by atoms with Gasteiger partial charge in [0.1, 0.15) is 11.5 Å². The fraction of sp³-hybridized carbons (Fsp3) is 0.353. The standard InChI is InChI=1S/C17H20N2O3S/c1-21-14-7-13(8-15(9-14)22-2)19-5-3-16(17(19)20)18-10-12-4-6-23-11-12/h4,6-9,11,16,18H,3,5,10H2,1-2H3/t16-/m1/s1. The molecule has 0 spiro atoms. The van der Waals surface area contributed by atoms with E-state index in [-0.39, 0.29) is 11.9 Å². The zero-order valence-corrected chi connectivity index (χ0v) is 14.1. The number of ether oxygens (including phenoxy) is 2. The molecule has 5 nitrogen and oxygen atoms in total. The minimum Gasteiger partial charge on any atom is -0.497 e. The summed E-state index contributed by atoms with van der Waals surface area (Å²) in [4.78, 5) is 14.4. The number of anilines is 1. The van der Waals surface area contributed by atoms with E-state index in [1.807, 2.05) is 17.5 Å². The maximum absolute atomic E-state index is 12.6. The lowest BCUT2D eigenvalue weighted by atomic mass is 10.2. The molecule has 1 atom stereocenters. The highest BCUT2D eigenvalue weighted by Crippen LogP contribution is 2.31. The first-order chi connectivity index (χ1) is 11.2. The van der Waals surface area contributed by atoms with Gasteiger partial charge in [-0.05, 0) is 28.8 Å². The highest BCUT2D eigenvalue weighted by atomic mass is 32.1. The van der Waals surface area contributed by atoms with Crippen LogP contribution in [-0.4, -0.2) is 32.7 Å². The Balaban J connectivity index is 1.71. The Morgan fingerprint density at radius 3 is 2.61 bits per heavy atom. The number of nitrogens with one attached hydrogen (secondary N) is 1. The van der Waals surface area contributed by atoms with Gasteiger partial charge in [-0.2, -0.15) is 11.3 Å². The van der Waals surface area contributed by atoms with Crippen molar-refractivity contribution in [2.75, 3.05) is 25.7 Å². The molecule has 0 unspecified atom stereocenters. The number of carbonyl (C=O) groups excluding carboxylic acids is 1.